The van der Waals surface area contributed by atoms with Crippen LogP contribution in [0.3, 0.4) is 0 Å². The summed E-state index contributed by atoms with van der Waals surface area (Å²) in [6.07, 6.45) is -3.20. The summed E-state index contributed by atoms with van der Waals surface area (Å²) in [5, 5.41) is 3.11. The van der Waals surface area contributed by atoms with E-state index in [9.17, 15) is 17.6 Å². The predicted octanol–water partition coefficient (Wildman–Crippen LogP) is 3.03. The molecule has 0 unspecified atom stereocenters. The second-order valence-electron chi connectivity index (χ2n) is 5.14. The fourth-order valence-electron chi connectivity index (χ4n) is 2.52. The Labute approximate surface area is 115 Å². The van der Waals surface area contributed by atoms with Crippen molar-refractivity contribution in [1.82, 2.24) is 5.32 Å². The Balaban J connectivity index is 1.85. The van der Waals surface area contributed by atoms with E-state index >= 15 is 0 Å². The van der Waals surface area contributed by atoms with E-state index in [0.29, 0.717) is 31.5 Å². The van der Waals surface area contributed by atoms with Crippen molar-refractivity contribution in [3.8, 4) is 0 Å². The first-order valence-corrected chi connectivity index (χ1v) is 6.53. The fourth-order valence-corrected chi connectivity index (χ4v) is 2.52. The summed E-state index contributed by atoms with van der Waals surface area (Å²) < 4.78 is 54.2. The topological polar surface area (TPSA) is 21.3 Å². The van der Waals surface area contributed by atoms with E-state index < -0.39 is 12.8 Å². The molecule has 1 aromatic rings. The highest BCUT2D eigenvalue weighted by molar-refractivity contribution is 5.31. The van der Waals surface area contributed by atoms with Gasteiger partial charge in [0.2, 0.25) is 0 Å². The van der Waals surface area contributed by atoms with E-state index in [-0.39, 0.29) is 17.8 Å². The molecule has 6 heteroatoms. The number of alkyl halides is 3. The minimum absolute atomic E-state index is 0.0374. The van der Waals surface area contributed by atoms with Crippen molar-refractivity contribution >= 4 is 0 Å². The second-order valence-corrected chi connectivity index (χ2v) is 5.14. The molecule has 1 saturated heterocycles. The largest absolute Gasteiger partial charge is 0.411 e. The zero-order chi connectivity index (χ0) is 14.6. The monoisotopic (exact) mass is 291 g/mol. The summed E-state index contributed by atoms with van der Waals surface area (Å²) in [5.41, 5.74) is 0.321. The van der Waals surface area contributed by atoms with E-state index in [1.165, 1.54) is 6.07 Å². The maximum absolute atomic E-state index is 13.8. The molecular weight excluding hydrogens is 274 g/mol. The van der Waals surface area contributed by atoms with Crippen LogP contribution in [0.4, 0.5) is 17.6 Å². The number of hydrogen-bond donors (Lipinski definition) is 1. The van der Waals surface area contributed by atoms with Crippen LogP contribution in [0.15, 0.2) is 24.3 Å². The second kappa shape index (κ2) is 6.10. The SMILES string of the molecule is Fc1ccccc1C1(CCCOCC(F)(F)F)CNC1. The van der Waals surface area contributed by atoms with Crippen LogP contribution in [-0.4, -0.2) is 32.5 Å². The highest BCUT2D eigenvalue weighted by atomic mass is 19.4. The minimum Gasteiger partial charge on any atom is -0.372 e. The van der Waals surface area contributed by atoms with Crippen molar-refractivity contribution < 1.29 is 22.3 Å². The first-order chi connectivity index (χ1) is 9.43. The molecule has 0 atom stereocenters. The number of nitrogens with one attached hydrogen (secondary N) is 1. The molecule has 0 bridgehead atoms. The van der Waals surface area contributed by atoms with Crippen molar-refractivity contribution in [2.45, 2.75) is 24.4 Å². The first kappa shape index (κ1) is 15.3. The summed E-state index contributed by atoms with van der Waals surface area (Å²) in [6, 6.07) is 6.56. The van der Waals surface area contributed by atoms with Gasteiger partial charge in [-0.05, 0) is 24.5 Å². The lowest BCUT2D eigenvalue weighted by Crippen LogP contribution is -2.57. The molecule has 0 aromatic heterocycles. The summed E-state index contributed by atoms with van der Waals surface area (Å²) >= 11 is 0. The lowest BCUT2D eigenvalue weighted by Gasteiger charge is -2.43. The molecule has 0 aliphatic carbocycles. The van der Waals surface area contributed by atoms with Crippen LogP contribution in [-0.2, 0) is 10.2 Å². The van der Waals surface area contributed by atoms with E-state index in [4.69, 9.17) is 0 Å². The molecule has 1 aliphatic heterocycles. The summed E-state index contributed by atoms with van der Waals surface area (Å²) in [7, 11) is 0. The number of ether oxygens (including phenoxy) is 1. The Hall–Kier alpha value is -1.14. The molecule has 0 amide bonds. The standard InChI is InChI=1S/C14H17F4NO/c15-12-5-2-1-4-11(12)13(8-19-9-13)6-3-7-20-10-14(16,17)18/h1-2,4-5,19H,3,6-10H2. The van der Waals surface area contributed by atoms with Crippen molar-refractivity contribution in [3.63, 3.8) is 0 Å². The summed E-state index contributed by atoms with van der Waals surface area (Å²) in [6.45, 7) is 0.105. The minimum atomic E-state index is -4.29. The molecule has 1 N–H and O–H groups in total. The summed E-state index contributed by atoms with van der Waals surface area (Å²) in [5.74, 6) is -0.259. The molecule has 0 radical (unpaired) electrons. The third kappa shape index (κ3) is 3.70. The van der Waals surface area contributed by atoms with E-state index in [1.54, 1.807) is 18.2 Å². The van der Waals surface area contributed by atoms with Gasteiger partial charge in [-0.2, -0.15) is 13.2 Å². The number of halogens is 4. The third-order valence-electron chi connectivity index (χ3n) is 3.58. The van der Waals surface area contributed by atoms with Crippen molar-refractivity contribution in [2.75, 3.05) is 26.3 Å². The average Bonchev–Trinajstić information content (AvgIpc) is 2.32. The Kier molecular flexibility index (Phi) is 4.65. The van der Waals surface area contributed by atoms with Crippen LogP contribution in [0.1, 0.15) is 18.4 Å². The highest BCUT2D eigenvalue weighted by Crippen LogP contribution is 2.35. The average molecular weight is 291 g/mol. The maximum atomic E-state index is 13.8. The smallest absolute Gasteiger partial charge is 0.372 e. The van der Waals surface area contributed by atoms with Gasteiger partial charge in [0.15, 0.2) is 0 Å². The van der Waals surface area contributed by atoms with Crippen LogP contribution in [0.2, 0.25) is 0 Å². The van der Waals surface area contributed by atoms with Crippen LogP contribution in [0.5, 0.6) is 0 Å². The lowest BCUT2D eigenvalue weighted by atomic mass is 9.72. The van der Waals surface area contributed by atoms with Crippen LogP contribution in [0, 0.1) is 5.82 Å². The van der Waals surface area contributed by atoms with Crippen molar-refractivity contribution in [1.29, 1.82) is 0 Å². The van der Waals surface area contributed by atoms with Gasteiger partial charge in [0.1, 0.15) is 12.4 Å². The molecule has 2 rings (SSSR count). The molecule has 1 fully saturated rings. The van der Waals surface area contributed by atoms with Gasteiger partial charge < -0.3 is 10.1 Å². The van der Waals surface area contributed by atoms with Gasteiger partial charge in [0, 0.05) is 25.1 Å². The van der Waals surface area contributed by atoms with Gasteiger partial charge in [0.25, 0.3) is 0 Å². The molecule has 1 heterocycles. The van der Waals surface area contributed by atoms with Crippen LogP contribution in [0.25, 0.3) is 0 Å². The first-order valence-electron chi connectivity index (χ1n) is 6.53. The lowest BCUT2D eigenvalue weighted by molar-refractivity contribution is -0.174. The molecule has 112 valence electrons. The molecule has 0 saturated carbocycles. The van der Waals surface area contributed by atoms with Gasteiger partial charge in [-0.25, -0.2) is 4.39 Å². The van der Waals surface area contributed by atoms with Crippen LogP contribution >= 0.6 is 0 Å². The molecule has 1 aromatic carbocycles. The Bertz CT molecular complexity index is 443. The zero-order valence-corrected chi connectivity index (χ0v) is 11.0. The van der Waals surface area contributed by atoms with Gasteiger partial charge in [-0.3, -0.25) is 0 Å². The Morgan fingerprint density at radius 1 is 1.20 bits per heavy atom. The highest BCUT2D eigenvalue weighted by Gasteiger charge is 2.39. The molecule has 0 spiro atoms. The maximum Gasteiger partial charge on any atom is 0.411 e. The quantitative estimate of drug-likeness (QED) is 0.642. The van der Waals surface area contributed by atoms with Gasteiger partial charge in [-0.15, -0.1) is 0 Å². The third-order valence-corrected chi connectivity index (χ3v) is 3.58. The fraction of sp³-hybridized carbons (Fsp3) is 0.571. The molecule has 1 aliphatic rings. The van der Waals surface area contributed by atoms with E-state index in [2.05, 4.69) is 10.1 Å². The predicted molar refractivity (Wildman–Crippen MR) is 67.1 cm³/mol. The molecule has 2 nitrogen and oxygen atoms in total. The Morgan fingerprint density at radius 2 is 1.90 bits per heavy atom. The Morgan fingerprint density at radius 3 is 2.45 bits per heavy atom. The molecular formula is C14H17F4NO. The number of hydrogen-bond acceptors (Lipinski definition) is 2. The number of rotatable bonds is 6. The van der Waals surface area contributed by atoms with Gasteiger partial charge >= 0.3 is 6.18 Å². The van der Waals surface area contributed by atoms with Crippen molar-refractivity contribution in [3.05, 3.63) is 35.6 Å². The zero-order valence-electron chi connectivity index (χ0n) is 11.0. The normalized spacial score (nSPS) is 17.8. The summed E-state index contributed by atoms with van der Waals surface area (Å²) in [4.78, 5) is 0. The number of benzene rings is 1. The van der Waals surface area contributed by atoms with E-state index in [0.717, 1.165) is 0 Å². The molecule has 20 heavy (non-hydrogen) atoms. The van der Waals surface area contributed by atoms with Gasteiger partial charge in [0.05, 0.1) is 0 Å². The van der Waals surface area contributed by atoms with Crippen molar-refractivity contribution in [2.24, 2.45) is 0 Å². The van der Waals surface area contributed by atoms with Gasteiger partial charge in [-0.1, -0.05) is 18.2 Å². The van der Waals surface area contributed by atoms with E-state index in [1.807, 2.05) is 0 Å². The van der Waals surface area contributed by atoms with Crippen LogP contribution < -0.4 is 5.32 Å².